The normalized spacial score (nSPS) is 15.3. The molecule has 0 N–H and O–H groups in total. The molecular weight excluding hydrogens is 250 g/mol. The van der Waals surface area contributed by atoms with Crippen LogP contribution in [0.5, 0.6) is 5.75 Å². The van der Waals surface area contributed by atoms with E-state index in [1.165, 1.54) is 30.4 Å². The Morgan fingerprint density at radius 3 is 2.50 bits per heavy atom. The van der Waals surface area contributed by atoms with Crippen LogP contribution in [0.15, 0.2) is 18.2 Å². The molecular formula is C17H25NO2. The van der Waals surface area contributed by atoms with E-state index in [2.05, 4.69) is 12.1 Å². The van der Waals surface area contributed by atoms with Crippen molar-refractivity contribution >= 4 is 5.91 Å². The summed E-state index contributed by atoms with van der Waals surface area (Å²) in [6, 6.07) is 6.26. The maximum atomic E-state index is 12.2. The van der Waals surface area contributed by atoms with Crippen LogP contribution in [-0.2, 0) is 17.6 Å². The predicted octanol–water partition coefficient (Wildman–Crippen LogP) is 3.20. The second-order valence-electron chi connectivity index (χ2n) is 5.41. The van der Waals surface area contributed by atoms with Crippen LogP contribution in [0.4, 0.5) is 0 Å². The average molecular weight is 275 g/mol. The highest BCUT2D eigenvalue weighted by Gasteiger charge is 2.20. The molecule has 0 aromatic heterocycles. The summed E-state index contributed by atoms with van der Waals surface area (Å²) in [5.41, 5.74) is 2.82. The van der Waals surface area contributed by atoms with Gasteiger partial charge in [0.05, 0.1) is 0 Å². The molecule has 0 heterocycles. The largest absolute Gasteiger partial charge is 0.481 e. The molecule has 0 saturated heterocycles. The molecule has 1 aromatic carbocycles. The summed E-state index contributed by atoms with van der Waals surface area (Å²) in [5, 5.41) is 0. The van der Waals surface area contributed by atoms with Gasteiger partial charge in [-0.25, -0.2) is 0 Å². The van der Waals surface area contributed by atoms with E-state index in [0.29, 0.717) is 0 Å². The lowest BCUT2D eigenvalue weighted by Gasteiger charge is -2.24. The lowest BCUT2D eigenvalue weighted by atomic mass is 9.92. The van der Waals surface area contributed by atoms with Crippen molar-refractivity contribution in [1.29, 1.82) is 0 Å². The van der Waals surface area contributed by atoms with Crippen LogP contribution >= 0.6 is 0 Å². The summed E-state index contributed by atoms with van der Waals surface area (Å²) >= 11 is 0. The molecule has 1 aromatic rings. The fourth-order valence-corrected chi connectivity index (χ4v) is 2.83. The minimum absolute atomic E-state index is 0.0627. The third kappa shape index (κ3) is 3.33. The molecule has 0 fully saturated rings. The number of carbonyl (C=O) groups is 1. The molecule has 0 spiro atoms. The fourth-order valence-electron chi connectivity index (χ4n) is 2.83. The Balaban J connectivity index is 2.04. The molecule has 0 radical (unpaired) electrons. The number of carbonyl (C=O) groups excluding carboxylic acids is 1. The second-order valence-corrected chi connectivity index (χ2v) is 5.41. The van der Waals surface area contributed by atoms with Crippen LogP contribution in [0.2, 0.25) is 0 Å². The van der Waals surface area contributed by atoms with Crippen LogP contribution in [0.25, 0.3) is 0 Å². The summed E-state index contributed by atoms with van der Waals surface area (Å²) < 4.78 is 5.84. The van der Waals surface area contributed by atoms with Gasteiger partial charge in [0, 0.05) is 13.1 Å². The smallest absolute Gasteiger partial charge is 0.263 e. The number of aryl methyl sites for hydroxylation is 2. The minimum Gasteiger partial charge on any atom is -0.481 e. The highest BCUT2D eigenvalue weighted by atomic mass is 16.5. The van der Waals surface area contributed by atoms with E-state index < -0.39 is 6.10 Å². The second kappa shape index (κ2) is 6.78. The first-order chi connectivity index (χ1) is 9.65. The number of rotatable bonds is 5. The van der Waals surface area contributed by atoms with Gasteiger partial charge in [0.1, 0.15) is 5.75 Å². The van der Waals surface area contributed by atoms with Gasteiger partial charge in [-0.2, -0.15) is 0 Å². The van der Waals surface area contributed by atoms with E-state index >= 15 is 0 Å². The fraction of sp³-hybridized carbons (Fsp3) is 0.588. The molecule has 1 aliphatic rings. The van der Waals surface area contributed by atoms with Crippen LogP contribution in [0.3, 0.4) is 0 Å². The number of fused-ring (bicyclic) bond motifs is 1. The molecule has 3 nitrogen and oxygen atoms in total. The van der Waals surface area contributed by atoms with Crippen molar-refractivity contribution in [3.8, 4) is 5.75 Å². The lowest BCUT2D eigenvalue weighted by molar-refractivity contribution is -0.137. The van der Waals surface area contributed by atoms with E-state index in [0.717, 1.165) is 25.3 Å². The monoisotopic (exact) mass is 275 g/mol. The van der Waals surface area contributed by atoms with E-state index in [4.69, 9.17) is 4.74 Å². The third-order valence-corrected chi connectivity index (χ3v) is 4.06. The van der Waals surface area contributed by atoms with E-state index in [-0.39, 0.29) is 5.91 Å². The topological polar surface area (TPSA) is 29.5 Å². The van der Waals surface area contributed by atoms with E-state index in [1.807, 2.05) is 31.7 Å². The van der Waals surface area contributed by atoms with Crippen LogP contribution < -0.4 is 4.74 Å². The zero-order valence-electron chi connectivity index (χ0n) is 12.8. The van der Waals surface area contributed by atoms with E-state index in [9.17, 15) is 4.79 Å². The SMILES string of the molecule is CCN(CC)C(=O)[C@@H](C)Oc1ccc2c(c1)CCCC2. The van der Waals surface area contributed by atoms with Gasteiger partial charge in [0.25, 0.3) is 5.91 Å². The number of hydrogen-bond donors (Lipinski definition) is 0. The van der Waals surface area contributed by atoms with Crippen molar-refractivity contribution < 1.29 is 9.53 Å². The highest BCUT2D eigenvalue weighted by Crippen LogP contribution is 2.26. The number of benzene rings is 1. The predicted molar refractivity (Wildman–Crippen MR) is 81.1 cm³/mol. The van der Waals surface area contributed by atoms with Crippen molar-refractivity contribution in [2.75, 3.05) is 13.1 Å². The first-order valence-electron chi connectivity index (χ1n) is 7.73. The molecule has 3 heteroatoms. The van der Waals surface area contributed by atoms with Gasteiger partial charge in [-0.15, -0.1) is 0 Å². The van der Waals surface area contributed by atoms with Gasteiger partial charge in [0.15, 0.2) is 6.10 Å². The van der Waals surface area contributed by atoms with Crippen molar-refractivity contribution in [3.63, 3.8) is 0 Å². The summed E-state index contributed by atoms with van der Waals surface area (Å²) in [6.45, 7) is 7.28. The van der Waals surface area contributed by atoms with Crippen molar-refractivity contribution in [2.45, 2.75) is 52.6 Å². The maximum absolute atomic E-state index is 12.2. The van der Waals surface area contributed by atoms with Crippen molar-refractivity contribution in [1.82, 2.24) is 4.90 Å². The molecule has 0 aliphatic heterocycles. The Labute approximate surface area is 121 Å². The number of nitrogens with zero attached hydrogens (tertiary/aromatic N) is 1. The minimum atomic E-state index is -0.420. The zero-order chi connectivity index (χ0) is 14.5. The molecule has 1 amide bonds. The number of ether oxygens (including phenoxy) is 1. The summed E-state index contributed by atoms with van der Waals surface area (Å²) in [7, 11) is 0. The van der Waals surface area contributed by atoms with Gasteiger partial charge < -0.3 is 9.64 Å². The molecule has 1 aliphatic carbocycles. The van der Waals surface area contributed by atoms with E-state index in [1.54, 1.807) is 0 Å². The Hall–Kier alpha value is -1.51. The Morgan fingerprint density at radius 1 is 1.20 bits per heavy atom. The van der Waals surface area contributed by atoms with Gasteiger partial charge in [-0.1, -0.05) is 6.07 Å². The molecule has 1 atom stereocenters. The zero-order valence-corrected chi connectivity index (χ0v) is 12.8. The molecule has 0 saturated carbocycles. The molecule has 0 unspecified atom stereocenters. The van der Waals surface area contributed by atoms with Gasteiger partial charge in [-0.3, -0.25) is 4.79 Å². The Morgan fingerprint density at radius 2 is 1.85 bits per heavy atom. The highest BCUT2D eigenvalue weighted by molar-refractivity contribution is 5.80. The van der Waals surface area contributed by atoms with Gasteiger partial charge >= 0.3 is 0 Å². The number of likely N-dealkylation sites (N-methyl/N-ethyl adjacent to an activating group) is 1. The molecule has 20 heavy (non-hydrogen) atoms. The Bertz CT molecular complexity index is 466. The summed E-state index contributed by atoms with van der Waals surface area (Å²) in [6.07, 6.45) is 4.42. The quantitative estimate of drug-likeness (QED) is 0.826. The Kier molecular flexibility index (Phi) is 5.05. The van der Waals surface area contributed by atoms with Crippen LogP contribution in [-0.4, -0.2) is 30.0 Å². The van der Waals surface area contributed by atoms with Crippen LogP contribution in [0.1, 0.15) is 44.7 Å². The number of amides is 1. The average Bonchev–Trinajstić information content (AvgIpc) is 2.48. The number of hydrogen-bond acceptors (Lipinski definition) is 2. The van der Waals surface area contributed by atoms with Crippen LogP contribution in [0, 0.1) is 0 Å². The van der Waals surface area contributed by atoms with Gasteiger partial charge in [0.2, 0.25) is 0 Å². The molecule has 110 valence electrons. The first kappa shape index (κ1) is 14.9. The molecule has 0 bridgehead atoms. The van der Waals surface area contributed by atoms with Crippen molar-refractivity contribution in [2.24, 2.45) is 0 Å². The summed E-state index contributed by atoms with van der Waals surface area (Å²) in [5.74, 6) is 0.881. The van der Waals surface area contributed by atoms with Gasteiger partial charge in [-0.05, 0) is 69.7 Å². The molecule has 2 rings (SSSR count). The lowest BCUT2D eigenvalue weighted by Crippen LogP contribution is -2.40. The maximum Gasteiger partial charge on any atom is 0.263 e. The first-order valence-corrected chi connectivity index (χ1v) is 7.73. The van der Waals surface area contributed by atoms with Crippen molar-refractivity contribution in [3.05, 3.63) is 29.3 Å². The standard InChI is InChI=1S/C17H25NO2/c1-4-18(5-2)17(19)13(3)20-16-11-10-14-8-6-7-9-15(14)12-16/h10-13H,4-9H2,1-3H3/t13-/m1/s1. The third-order valence-electron chi connectivity index (χ3n) is 4.06. The summed E-state index contributed by atoms with van der Waals surface area (Å²) in [4.78, 5) is 14.0.